The van der Waals surface area contributed by atoms with Gasteiger partial charge in [-0.05, 0) is 102 Å². The number of hydrogen-bond donors (Lipinski definition) is 0. The van der Waals surface area contributed by atoms with Gasteiger partial charge in [0.05, 0.1) is 22.5 Å². The van der Waals surface area contributed by atoms with Crippen LogP contribution in [0.5, 0.6) is 0 Å². The highest BCUT2D eigenvalue weighted by Crippen LogP contribution is 2.43. The maximum atomic E-state index is 6.92. The minimum atomic E-state index is -2.07. The largest absolute Gasteiger partial charge is 0.319 e. The van der Waals surface area contributed by atoms with Gasteiger partial charge >= 0.3 is 0 Å². The summed E-state index contributed by atoms with van der Waals surface area (Å²) in [6.45, 7) is 40.2. The lowest BCUT2D eigenvalue weighted by Crippen LogP contribution is -2.53. The second kappa shape index (κ2) is 9.76. The van der Waals surface area contributed by atoms with E-state index in [0.29, 0.717) is 0 Å². The molecule has 0 aliphatic carbocycles. The predicted molar refractivity (Wildman–Crippen MR) is 158 cm³/mol. The number of benzene rings is 1. The van der Waals surface area contributed by atoms with E-state index < -0.39 is 16.6 Å². The van der Waals surface area contributed by atoms with Gasteiger partial charge in [-0.15, -0.1) is 0 Å². The molecule has 0 fully saturated rings. The lowest BCUT2D eigenvalue weighted by atomic mass is 10.0. The molecule has 1 aromatic rings. The quantitative estimate of drug-likeness (QED) is 0.271. The molecule has 0 aromatic heterocycles. The first-order valence-electron chi connectivity index (χ1n) is 12.6. The first kappa shape index (κ1) is 30.9. The van der Waals surface area contributed by atoms with Crippen LogP contribution < -0.4 is 10.1 Å². The third kappa shape index (κ3) is 7.46. The average molecular weight is 507 g/mol. The molecule has 0 amide bonds. The monoisotopic (exact) mass is 506 g/mol. The van der Waals surface area contributed by atoms with Crippen LogP contribution in [0, 0.1) is 0 Å². The Balaban J connectivity index is 3.74. The summed E-state index contributed by atoms with van der Waals surface area (Å²) in [7, 11) is -4.14. The molecule has 0 spiro atoms. The second-order valence-corrected chi connectivity index (χ2v) is 24.0. The summed E-state index contributed by atoms with van der Waals surface area (Å²) in [6, 6.07) is 6.55. The van der Waals surface area contributed by atoms with E-state index in [0.717, 1.165) is 16.9 Å². The summed E-state index contributed by atoms with van der Waals surface area (Å²) >= 11 is 0. The Morgan fingerprint density at radius 3 is 1.12 bits per heavy atom. The van der Waals surface area contributed by atoms with E-state index in [4.69, 9.17) is 9.05 Å². The number of hydrogen-bond acceptors (Lipinski definition) is 4. The van der Waals surface area contributed by atoms with E-state index in [-0.39, 0.29) is 21.2 Å². The van der Waals surface area contributed by atoms with Crippen LogP contribution in [0.1, 0.15) is 88.6 Å². The summed E-state index contributed by atoms with van der Waals surface area (Å²) in [5.74, 6) is 0. The summed E-state index contributed by atoms with van der Waals surface area (Å²) < 4.78 is 13.8. The summed E-state index contributed by atoms with van der Waals surface area (Å²) in [6.07, 6.45) is 1.91. The van der Waals surface area contributed by atoms with Gasteiger partial charge in [0.1, 0.15) is 0 Å². The molecule has 6 heteroatoms. The molecule has 0 unspecified atom stereocenters. The fraction of sp³-hybridized carbons (Fsp3) is 0.714. The third-order valence-electron chi connectivity index (χ3n) is 7.10. The van der Waals surface area contributed by atoms with Crippen LogP contribution in [-0.4, -0.2) is 27.7 Å². The predicted octanol–water partition coefficient (Wildman–Crippen LogP) is 9.41. The van der Waals surface area contributed by atoms with Crippen molar-refractivity contribution in [3.8, 4) is 0 Å². The van der Waals surface area contributed by atoms with E-state index >= 15 is 0 Å². The zero-order chi connectivity index (χ0) is 27.1. The highest BCUT2D eigenvalue weighted by atomic mass is 28.4. The SMILES string of the molecule is C=Cc1cc(N(O[Si](C)(C)C(C)(C)C)C(C)(C)C)cc(N(O[Si](C)(C)C(C)(C)C)C(C)(C)C)c1. The first-order valence-corrected chi connectivity index (χ1v) is 18.4. The molecule has 0 aliphatic heterocycles. The van der Waals surface area contributed by atoms with Crippen LogP contribution in [0.3, 0.4) is 0 Å². The molecule has 34 heavy (non-hydrogen) atoms. The summed E-state index contributed by atoms with van der Waals surface area (Å²) in [5.41, 5.74) is 2.66. The minimum absolute atomic E-state index is 0.0955. The maximum Gasteiger partial charge on any atom is 0.228 e. The van der Waals surface area contributed by atoms with Crippen LogP contribution in [0.15, 0.2) is 24.8 Å². The van der Waals surface area contributed by atoms with Crippen LogP contribution in [-0.2, 0) is 9.05 Å². The maximum absolute atomic E-state index is 6.92. The average Bonchev–Trinajstić information content (AvgIpc) is 2.60. The van der Waals surface area contributed by atoms with Crippen LogP contribution >= 0.6 is 0 Å². The van der Waals surface area contributed by atoms with Gasteiger partial charge in [0.25, 0.3) is 0 Å². The van der Waals surface area contributed by atoms with Gasteiger partial charge in [0.15, 0.2) is 0 Å². The van der Waals surface area contributed by atoms with E-state index in [9.17, 15) is 0 Å². The van der Waals surface area contributed by atoms with Gasteiger partial charge in [0, 0.05) is 0 Å². The molecule has 0 N–H and O–H groups in total. The smallest absolute Gasteiger partial charge is 0.228 e. The fourth-order valence-corrected chi connectivity index (χ4v) is 5.07. The van der Waals surface area contributed by atoms with Crippen LogP contribution in [0.25, 0.3) is 6.08 Å². The standard InChI is InChI=1S/C28H54N2O2Si2/c1-18-22-19-23(29(25(2,3)4)31-33(14,15)27(8,9)10)21-24(20-22)30(26(5,6)7)32-34(16,17)28(11,12)13/h18-21H,1H2,2-17H3. The summed E-state index contributed by atoms with van der Waals surface area (Å²) in [4.78, 5) is 0. The molecule has 0 saturated carbocycles. The van der Waals surface area contributed by atoms with Crippen molar-refractivity contribution in [3.63, 3.8) is 0 Å². The lowest BCUT2D eigenvalue weighted by Gasteiger charge is -2.47. The molecular formula is C28H54N2O2Si2. The van der Waals surface area contributed by atoms with Crippen LogP contribution in [0.4, 0.5) is 11.4 Å². The first-order chi connectivity index (χ1) is 14.8. The number of anilines is 2. The molecule has 0 heterocycles. The van der Waals surface area contributed by atoms with Crippen molar-refractivity contribution in [3.05, 3.63) is 30.3 Å². The number of rotatable bonds is 7. The molecule has 0 radical (unpaired) electrons. The zero-order valence-corrected chi connectivity index (χ0v) is 27.2. The fourth-order valence-electron chi connectivity index (χ4n) is 2.85. The van der Waals surface area contributed by atoms with Gasteiger partial charge in [-0.1, -0.05) is 54.2 Å². The molecule has 196 valence electrons. The van der Waals surface area contributed by atoms with Crippen molar-refractivity contribution in [2.75, 3.05) is 10.1 Å². The highest BCUT2D eigenvalue weighted by molar-refractivity contribution is 6.74. The molecule has 0 saturated heterocycles. The number of nitrogens with zero attached hydrogens (tertiary/aromatic N) is 2. The Bertz CT molecular complexity index is 787. The van der Waals surface area contributed by atoms with E-state index in [1.165, 1.54) is 0 Å². The van der Waals surface area contributed by atoms with Crippen molar-refractivity contribution in [1.82, 2.24) is 0 Å². The highest BCUT2D eigenvalue weighted by Gasteiger charge is 2.44. The van der Waals surface area contributed by atoms with Gasteiger partial charge in [-0.3, -0.25) is 10.1 Å². The lowest BCUT2D eigenvalue weighted by molar-refractivity contribution is 0.181. The molecule has 0 bridgehead atoms. The molecule has 1 aromatic carbocycles. The van der Waals surface area contributed by atoms with Gasteiger partial charge in [0.2, 0.25) is 16.6 Å². The Morgan fingerprint density at radius 2 is 0.912 bits per heavy atom. The van der Waals surface area contributed by atoms with Crippen molar-refractivity contribution < 1.29 is 9.05 Å². The molecule has 0 atom stereocenters. The van der Waals surface area contributed by atoms with Gasteiger partial charge in [-0.2, -0.15) is 0 Å². The number of hydroxylamine groups is 2. The second-order valence-electron chi connectivity index (χ2n) is 14.6. The Labute approximate surface area is 213 Å². The van der Waals surface area contributed by atoms with Gasteiger partial charge < -0.3 is 9.05 Å². The Hall–Kier alpha value is -1.09. The van der Waals surface area contributed by atoms with Gasteiger partial charge in [-0.25, -0.2) is 0 Å². The zero-order valence-electron chi connectivity index (χ0n) is 25.2. The third-order valence-corrected chi connectivity index (χ3v) is 15.6. The van der Waals surface area contributed by atoms with Crippen molar-refractivity contribution >= 4 is 34.1 Å². The molecular weight excluding hydrogens is 452 g/mol. The molecule has 0 aliphatic rings. The molecule has 4 nitrogen and oxygen atoms in total. The Morgan fingerprint density at radius 1 is 0.618 bits per heavy atom. The summed E-state index contributed by atoms with van der Waals surface area (Å²) in [5, 5.41) is 4.43. The van der Waals surface area contributed by atoms with E-state index in [2.05, 4.69) is 144 Å². The minimum Gasteiger partial charge on any atom is -0.319 e. The normalized spacial score (nSPS) is 14.2. The van der Waals surface area contributed by atoms with Crippen LogP contribution in [0.2, 0.25) is 36.3 Å². The van der Waals surface area contributed by atoms with E-state index in [1.807, 2.05) is 6.08 Å². The van der Waals surface area contributed by atoms with Crippen molar-refractivity contribution in [2.24, 2.45) is 0 Å². The van der Waals surface area contributed by atoms with E-state index in [1.54, 1.807) is 0 Å². The van der Waals surface area contributed by atoms with Crippen molar-refractivity contribution in [1.29, 1.82) is 0 Å². The topological polar surface area (TPSA) is 24.9 Å². The van der Waals surface area contributed by atoms with Crippen molar-refractivity contribution in [2.45, 2.75) is 130 Å². The Kier molecular flexibility index (Phi) is 8.88. The molecule has 1 rings (SSSR count).